The molecule has 4 heteroatoms. The fraction of sp³-hybridized carbons (Fsp3) is 1.00. The lowest BCUT2D eigenvalue weighted by atomic mass is 10.4. The lowest BCUT2D eigenvalue weighted by Gasteiger charge is -2.16. The molecule has 60 valence electrons. The molecule has 0 heterocycles. The molecule has 0 saturated carbocycles. The summed E-state index contributed by atoms with van der Waals surface area (Å²) in [6.45, 7) is 5.88. The Kier molecular flexibility index (Phi) is 6.06. The van der Waals surface area contributed by atoms with Crippen molar-refractivity contribution in [2.24, 2.45) is 5.29 Å². The topological polar surface area (TPSA) is 44.7 Å². The summed E-state index contributed by atoms with van der Waals surface area (Å²) in [5.74, 6) is 0. The Hall–Kier alpha value is -0.640. The van der Waals surface area contributed by atoms with Gasteiger partial charge in [0, 0.05) is 13.1 Å². The summed E-state index contributed by atoms with van der Waals surface area (Å²) in [5, 5.41) is 4.41. The van der Waals surface area contributed by atoms with Crippen LogP contribution in [0.15, 0.2) is 5.29 Å². The summed E-state index contributed by atoms with van der Waals surface area (Å²) in [5.41, 5.74) is 2.39. The van der Waals surface area contributed by atoms with Gasteiger partial charge in [0.1, 0.15) is 0 Å². The molecule has 0 aromatic carbocycles. The fourth-order valence-corrected chi connectivity index (χ4v) is 0.809. The van der Waals surface area contributed by atoms with Gasteiger partial charge in [0.15, 0.2) is 0 Å². The van der Waals surface area contributed by atoms with E-state index in [2.05, 4.69) is 24.7 Å². The number of nitroso groups, excluding NO2 is 1. The first kappa shape index (κ1) is 9.36. The third-order valence-electron chi connectivity index (χ3n) is 1.17. The summed E-state index contributed by atoms with van der Waals surface area (Å²) >= 11 is 0. The van der Waals surface area contributed by atoms with Gasteiger partial charge in [-0.25, -0.2) is 10.5 Å². The summed E-state index contributed by atoms with van der Waals surface area (Å²) in [6.07, 6.45) is 2.06. The molecule has 4 nitrogen and oxygen atoms in total. The van der Waals surface area contributed by atoms with E-state index >= 15 is 0 Å². The van der Waals surface area contributed by atoms with E-state index in [9.17, 15) is 4.91 Å². The molecule has 0 radical (unpaired) electrons. The molecule has 0 rings (SSSR count). The Labute approximate surface area is 61.5 Å². The van der Waals surface area contributed by atoms with Crippen LogP contribution in [0.2, 0.25) is 0 Å². The minimum Gasteiger partial charge on any atom is -0.205 e. The molecule has 0 aliphatic heterocycles. The minimum absolute atomic E-state index is 0.875. The van der Waals surface area contributed by atoms with Gasteiger partial charge in [-0.2, -0.15) is 0 Å². The van der Waals surface area contributed by atoms with Crippen LogP contribution in [-0.4, -0.2) is 18.1 Å². The molecule has 0 aliphatic carbocycles. The van der Waals surface area contributed by atoms with Crippen LogP contribution in [0.3, 0.4) is 0 Å². The predicted molar refractivity (Wildman–Crippen MR) is 41.1 cm³/mol. The summed E-state index contributed by atoms with van der Waals surface area (Å²) < 4.78 is 0. The number of hydrogen-bond acceptors (Lipinski definition) is 3. The van der Waals surface area contributed by atoms with Crippen molar-refractivity contribution in [2.75, 3.05) is 13.1 Å². The van der Waals surface area contributed by atoms with Crippen LogP contribution in [0.4, 0.5) is 0 Å². The molecule has 0 bridgehead atoms. The molecule has 0 atom stereocenters. The number of hydrogen-bond donors (Lipinski definition) is 1. The third-order valence-corrected chi connectivity index (χ3v) is 1.17. The maximum Gasteiger partial charge on any atom is 0.0658 e. The lowest BCUT2D eigenvalue weighted by Crippen LogP contribution is -2.35. The second kappa shape index (κ2) is 6.48. The van der Waals surface area contributed by atoms with Gasteiger partial charge in [-0.3, -0.25) is 0 Å². The van der Waals surface area contributed by atoms with Gasteiger partial charge in [-0.15, -0.1) is 4.91 Å². The highest BCUT2D eigenvalue weighted by Gasteiger charge is 1.98. The normalized spacial score (nSPS) is 9.90. The van der Waals surface area contributed by atoms with E-state index < -0.39 is 0 Å². The zero-order valence-corrected chi connectivity index (χ0v) is 6.63. The summed E-state index contributed by atoms with van der Waals surface area (Å²) in [4.78, 5) is 9.76. The highest BCUT2D eigenvalue weighted by Crippen LogP contribution is 1.88. The average Bonchev–Trinajstić information content (AvgIpc) is 1.90. The second-order valence-electron chi connectivity index (χ2n) is 2.18. The average molecular weight is 145 g/mol. The van der Waals surface area contributed by atoms with Crippen LogP contribution in [0, 0.1) is 4.91 Å². The highest BCUT2D eigenvalue weighted by atomic mass is 16.3. The van der Waals surface area contributed by atoms with Crippen LogP contribution in [-0.2, 0) is 0 Å². The van der Waals surface area contributed by atoms with Crippen molar-refractivity contribution in [3.05, 3.63) is 4.91 Å². The molecule has 0 aromatic rings. The van der Waals surface area contributed by atoms with E-state index in [0.29, 0.717) is 0 Å². The molecule has 1 N–H and O–H groups in total. The Bertz CT molecular complexity index is 81.1. The van der Waals surface area contributed by atoms with E-state index in [-0.39, 0.29) is 0 Å². The van der Waals surface area contributed by atoms with Crippen molar-refractivity contribution >= 4 is 0 Å². The first-order chi connectivity index (χ1) is 4.85. The van der Waals surface area contributed by atoms with E-state index in [1.165, 1.54) is 0 Å². The number of nitrogens with one attached hydrogen (secondary N) is 1. The van der Waals surface area contributed by atoms with E-state index in [0.717, 1.165) is 25.9 Å². The molecule has 0 fully saturated rings. The van der Waals surface area contributed by atoms with E-state index in [1.54, 1.807) is 0 Å². The van der Waals surface area contributed by atoms with Crippen LogP contribution in [0.5, 0.6) is 0 Å². The second-order valence-corrected chi connectivity index (χ2v) is 2.18. The molecule has 0 saturated heterocycles. The quantitative estimate of drug-likeness (QED) is 0.452. The maximum atomic E-state index is 9.76. The fourth-order valence-electron chi connectivity index (χ4n) is 0.809. The van der Waals surface area contributed by atoms with Crippen molar-refractivity contribution in [3.63, 3.8) is 0 Å². The van der Waals surface area contributed by atoms with Gasteiger partial charge in [-0.05, 0) is 12.8 Å². The highest BCUT2D eigenvalue weighted by molar-refractivity contribution is 4.46. The summed E-state index contributed by atoms with van der Waals surface area (Å²) in [7, 11) is 0. The number of nitrogens with zero attached hydrogens (tertiary/aromatic N) is 2. The van der Waals surface area contributed by atoms with Crippen molar-refractivity contribution in [2.45, 2.75) is 26.7 Å². The van der Waals surface area contributed by atoms with Crippen molar-refractivity contribution in [3.8, 4) is 0 Å². The maximum absolute atomic E-state index is 9.76. The van der Waals surface area contributed by atoms with Gasteiger partial charge >= 0.3 is 0 Å². The Balaban J connectivity index is 3.38. The molecular formula is C6H15N3O. The Morgan fingerprint density at radius 2 is 1.80 bits per heavy atom. The number of hydrazine groups is 1. The van der Waals surface area contributed by atoms with Gasteiger partial charge in [-0.1, -0.05) is 13.8 Å². The van der Waals surface area contributed by atoms with Crippen molar-refractivity contribution in [1.29, 1.82) is 0 Å². The molecule has 0 spiro atoms. The monoisotopic (exact) mass is 145 g/mol. The Morgan fingerprint density at radius 1 is 1.30 bits per heavy atom. The molecule has 0 amide bonds. The van der Waals surface area contributed by atoms with Crippen LogP contribution < -0.4 is 5.53 Å². The van der Waals surface area contributed by atoms with Crippen LogP contribution in [0.1, 0.15) is 26.7 Å². The smallest absolute Gasteiger partial charge is 0.0658 e. The lowest BCUT2D eigenvalue weighted by molar-refractivity contribution is 0.190. The van der Waals surface area contributed by atoms with Gasteiger partial charge in [0.05, 0.1) is 5.29 Å². The molecule has 0 aliphatic rings. The first-order valence-electron chi connectivity index (χ1n) is 3.68. The van der Waals surface area contributed by atoms with Gasteiger partial charge in [0.25, 0.3) is 0 Å². The first-order valence-corrected chi connectivity index (χ1v) is 3.68. The largest absolute Gasteiger partial charge is 0.205 e. The molecule has 0 unspecified atom stereocenters. The van der Waals surface area contributed by atoms with Crippen LogP contribution in [0.25, 0.3) is 0 Å². The van der Waals surface area contributed by atoms with Crippen molar-refractivity contribution in [1.82, 2.24) is 10.5 Å². The van der Waals surface area contributed by atoms with Gasteiger partial charge < -0.3 is 0 Å². The zero-order chi connectivity index (χ0) is 7.82. The third kappa shape index (κ3) is 4.26. The van der Waals surface area contributed by atoms with Crippen LogP contribution >= 0.6 is 0 Å². The number of rotatable bonds is 6. The summed E-state index contributed by atoms with van der Waals surface area (Å²) in [6, 6.07) is 0. The minimum atomic E-state index is 0.875. The molecule has 0 aromatic heterocycles. The SMILES string of the molecule is CCCN(CCC)NN=O. The van der Waals surface area contributed by atoms with E-state index in [4.69, 9.17) is 0 Å². The van der Waals surface area contributed by atoms with Crippen molar-refractivity contribution < 1.29 is 0 Å². The predicted octanol–water partition coefficient (Wildman–Crippen LogP) is 1.29. The Morgan fingerprint density at radius 3 is 2.10 bits per heavy atom. The zero-order valence-electron chi connectivity index (χ0n) is 6.63. The standard InChI is InChI=1S/C6H15N3O/c1-3-5-9(6-4-2)7-8-10/h3-6H2,1-2H3,(H,7,10). The van der Waals surface area contributed by atoms with Gasteiger partial charge in [0.2, 0.25) is 0 Å². The molecular weight excluding hydrogens is 130 g/mol. The molecule has 10 heavy (non-hydrogen) atoms. The van der Waals surface area contributed by atoms with E-state index in [1.807, 2.05) is 5.01 Å².